The minimum Gasteiger partial charge on any atom is -0.406 e. The molecule has 0 aliphatic heterocycles. The van der Waals surface area contributed by atoms with Crippen LogP contribution < -0.4 is 10.1 Å². The topological polar surface area (TPSA) is 58.6 Å². The first kappa shape index (κ1) is 21.5. The van der Waals surface area contributed by atoms with Crippen LogP contribution >= 0.6 is 0 Å². The minimum absolute atomic E-state index is 0.149. The predicted molar refractivity (Wildman–Crippen MR) is 86.2 cm³/mol. The van der Waals surface area contributed by atoms with E-state index in [9.17, 15) is 36.2 Å². The van der Waals surface area contributed by atoms with Crippen molar-refractivity contribution in [3.8, 4) is 5.75 Å². The molecule has 10 heteroatoms. The maximum atomic E-state index is 12.7. The van der Waals surface area contributed by atoms with Crippen molar-refractivity contribution in [1.82, 2.24) is 5.32 Å². The van der Waals surface area contributed by atoms with Gasteiger partial charge in [0.2, 0.25) is 5.91 Å². The van der Waals surface area contributed by atoms with Gasteiger partial charge in [-0.2, -0.15) is 13.2 Å². The number of nitrogens with one attached hydrogen (secondary N) is 1. The zero-order valence-corrected chi connectivity index (χ0v) is 14.1. The van der Waals surface area contributed by atoms with Gasteiger partial charge >= 0.3 is 12.5 Å². The fourth-order valence-corrected chi connectivity index (χ4v) is 2.33. The molecular formula is C18H15F6NO3. The van der Waals surface area contributed by atoms with Crippen molar-refractivity contribution in [3.63, 3.8) is 0 Å². The molecule has 2 N–H and O–H groups in total. The molecule has 2 rings (SSSR count). The Morgan fingerprint density at radius 3 is 2.25 bits per heavy atom. The average Bonchev–Trinajstić information content (AvgIpc) is 2.58. The Hall–Kier alpha value is -2.75. The van der Waals surface area contributed by atoms with E-state index in [1.165, 1.54) is 24.3 Å². The summed E-state index contributed by atoms with van der Waals surface area (Å²) in [6.07, 6.45) is -10.9. The van der Waals surface area contributed by atoms with E-state index in [-0.39, 0.29) is 24.1 Å². The van der Waals surface area contributed by atoms with Crippen LogP contribution in [0.25, 0.3) is 0 Å². The molecule has 4 nitrogen and oxygen atoms in total. The SMILES string of the molecule is O=C(Cc1cccc(C(F)(F)F)c1)NCC(O)c1ccc(OC(F)(F)F)cc1. The molecule has 0 heterocycles. The van der Waals surface area contributed by atoms with Gasteiger partial charge in [0, 0.05) is 6.54 Å². The number of benzene rings is 2. The molecule has 2 aromatic rings. The molecule has 1 atom stereocenters. The number of halogens is 6. The lowest BCUT2D eigenvalue weighted by atomic mass is 10.1. The summed E-state index contributed by atoms with van der Waals surface area (Å²) in [7, 11) is 0. The molecule has 0 fully saturated rings. The molecular weight excluding hydrogens is 392 g/mol. The van der Waals surface area contributed by atoms with E-state index in [4.69, 9.17) is 0 Å². The summed E-state index contributed by atoms with van der Waals surface area (Å²) >= 11 is 0. The maximum Gasteiger partial charge on any atom is 0.573 e. The van der Waals surface area contributed by atoms with Crippen LogP contribution in [0.15, 0.2) is 48.5 Å². The van der Waals surface area contributed by atoms with E-state index in [1.807, 2.05) is 0 Å². The van der Waals surface area contributed by atoms with Crippen LogP contribution in [0.3, 0.4) is 0 Å². The fourth-order valence-electron chi connectivity index (χ4n) is 2.33. The molecule has 0 spiro atoms. The van der Waals surface area contributed by atoms with E-state index < -0.39 is 35.9 Å². The van der Waals surface area contributed by atoms with Crippen molar-refractivity contribution in [3.05, 3.63) is 65.2 Å². The summed E-state index contributed by atoms with van der Waals surface area (Å²) < 4.78 is 78.0. The van der Waals surface area contributed by atoms with Crippen molar-refractivity contribution < 1.29 is 41.0 Å². The Morgan fingerprint density at radius 1 is 1.04 bits per heavy atom. The quantitative estimate of drug-likeness (QED) is 0.712. The molecule has 0 radical (unpaired) electrons. The van der Waals surface area contributed by atoms with Crippen LogP contribution in [-0.2, 0) is 17.4 Å². The number of aliphatic hydroxyl groups is 1. The van der Waals surface area contributed by atoms with Gasteiger partial charge in [0.15, 0.2) is 0 Å². The van der Waals surface area contributed by atoms with E-state index >= 15 is 0 Å². The predicted octanol–water partition coefficient (Wildman–Crippen LogP) is 4.00. The second-order valence-electron chi connectivity index (χ2n) is 5.81. The Morgan fingerprint density at radius 2 is 1.68 bits per heavy atom. The van der Waals surface area contributed by atoms with Gasteiger partial charge in [0.05, 0.1) is 18.1 Å². The third-order valence-corrected chi connectivity index (χ3v) is 3.61. The number of ether oxygens (including phenoxy) is 1. The maximum absolute atomic E-state index is 12.7. The van der Waals surface area contributed by atoms with E-state index in [1.54, 1.807) is 0 Å². The van der Waals surface area contributed by atoms with Crippen LogP contribution in [0, 0.1) is 0 Å². The van der Waals surface area contributed by atoms with Crippen LogP contribution in [0.5, 0.6) is 5.75 Å². The number of alkyl halides is 6. The summed E-state index contributed by atoms with van der Waals surface area (Å²) in [5.74, 6) is -1.08. The number of amides is 1. The highest BCUT2D eigenvalue weighted by Crippen LogP contribution is 2.29. The Kier molecular flexibility index (Phi) is 6.55. The summed E-state index contributed by atoms with van der Waals surface area (Å²) in [5.41, 5.74) is -0.497. The van der Waals surface area contributed by atoms with Gasteiger partial charge in [-0.25, -0.2) is 0 Å². The zero-order chi connectivity index (χ0) is 20.9. The molecule has 28 heavy (non-hydrogen) atoms. The first-order chi connectivity index (χ1) is 12.9. The van der Waals surface area contributed by atoms with Gasteiger partial charge in [-0.3, -0.25) is 4.79 Å². The van der Waals surface area contributed by atoms with Crippen LogP contribution in [0.1, 0.15) is 22.8 Å². The Labute approximate surface area is 155 Å². The standard InChI is InChI=1S/C18H15F6NO3/c19-17(20,21)13-3-1-2-11(8-13)9-16(27)25-10-15(26)12-4-6-14(7-5-12)28-18(22,23)24/h1-8,15,26H,9-10H2,(H,25,27). The number of hydrogen-bond acceptors (Lipinski definition) is 3. The van der Waals surface area contributed by atoms with Crippen molar-refractivity contribution in [2.24, 2.45) is 0 Å². The monoisotopic (exact) mass is 407 g/mol. The molecule has 152 valence electrons. The Bertz CT molecular complexity index is 802. The molecule has 1 unspecified atom stereocenters. The van der Waals surface area contributed by atoms with Crippen molar-refractivity contribution in [1.29, 1.82) is 0 Å². The van der Waals surface area contributed by atoms with E-state index in [0.29, 0.717) is 0 Å². The number of aliphatic hydroxyl groups excluding tert-OH is 1. The molecule has 0 saturated heterocycles. The molecule has 2 aromatic carbocycles. The minimum atomic E-state index is -4.84. The van der Waals surface area contributed by atoms with Gasteiger partial charge in [0.1, 0.15) is 5.75 Å². The average molecular weight is 407 g/mol. The normalized spacial score (nSPS) is 13.1. The lowest BCUT2D eigenvalue weighted by Crippen LogP contribution is -2.29. The third-order valence-electron chi connectivity index (χ3n) is 3.61. The van der Waals surface area contributed by atoms with Crippen LogP contribution in [0.4, 0.5) is 26.3 Å². The molecule has 0 bridgehead atoms. The number of hydrogen-bond donors (Lipinski definition) is 2. The van der Waals surface area contributed by atoms with Crippen molar-refractivity contribution in [2.75, 3.05) is 6.54 Å². The Balaban J connectivity index is 1.89. The summed E-state index contributed by atoms with van der Waals surface area (Å²) in [4.78, 5) is 11.9. The van der Waals surface area contributed by atoms with Gasteiger partial charge in [-0.1, -0.05) is 30.3 Å². The van der Waals surface area contributed by atoms with Crippen molar-refractivity contribution in [2.45, 2.75) is 25.1 Å². The largest absolute Gasteiger partial charge is 0.573 e. The van der Waals surface area contributed by atoms with Gasteiger partial charge in [-0.15, -0.1) is 13.2 Å². The molecule has 0 aliphatic rings. The molecule has 0 saturated carbocycles. The second-order valence-corrected chi connectivity index (χ2v) is 5.81. The first-order valence-electron chi connectivity index (χ1n) is 7.90. The number of carbonyl (C=O) groups excluding carboxylic acids is 1. The lowest BCUT2D eigenvalue weighted by Gasteiger charge is -2.14. The highest BCUT2D eigenvalue weighted by atomic mass is 19.4. The molecule has 1 amide bonds. The van der Waals surface area contributed by atoms with Crippen LogP contribution in [0.2, 0.25) is 0 Å². The van der Waals surface area contributed by atoms with Gasteiger partial charge in [-0.05, 0) is 29.3 Å². The molecule has 0 aromatic heterocycles. The van der Waals surface area contributed by atoms with Crippen molar-refractivity contribution >= 4 is 5.91 Å². The molecule has 0 aliphatic carbocycles. The summed E-state index contributed by atoms with van der Waals surface area (Å²) in [6.45, 7) is -0.267. The highest BCUT2D eigenvalue weighted by molar-refractivity contribution is 5.78. The summed E-state index contributed by atoms with van der Waals surface area (Å²) in [6, 6.07) is 8.71. The summed E-state index contributed by atoms with van der Waals surface area (Å²) in [5, 5.41) is 12.3. The fraction of sp³-hybridized carbons (Fsp3) is 0.278. The van der Waals surface area contributed by atoms with Gasteiger partial charge < -0.3 is 15.2 Å². The number of carbonyl (C=O) groups is 1. The zero-order valence-electron chi connectivity index (χ0n) is 14.1. The number of rotatable bonds is 6. The van der Waals surface area contributed by atoms with Gasteiger partial charge in [0.25, 0.3) is 0 Å². The van der Waals surface area contributed by atoms with Crippen LogP contribution in [-0.4, -0.2) is 23.9 Å². The highest BCUT2D eigenvalue weighted by Gasteiger charge is 2.31. The third kappa shape index (κ3) is 6.76. The van der Waals surface area contributed by atoms with E-state index in [2.05, 4.69) is 10.1 Å². The lowest BCUT2D eigenvalue weighted by molar-refractivity contribution is -0.274. The smallest absolute Gasteiger partial charge is 0.406 e. The first-order valence-corrected chi connectivity index (χ1v) is 7.90. The van der Waals surface area contributed by atoms with E-state index in [0.717, 1.165) is 24.3 Å². The second kappa shape index (κ2) is 8.51.